The third kappa shape index (κ3) is 4.48. The fourth-order valence-corrected chi connectivity index (χ4v) is 3.63. The summed E-state index contributed by atoms with van der Waals surface area (Å²) in [6.07, 6.45) is 2.38. The molecule has 1 saturated heterocycles. The quantitative estimate of drug-likeness (QED) is 0.662. The summed E-state index contributed by atoms with van der Waals surface area (Å²) in [6.45, 7) is 4.97. The van der Waals surface area contributed by atoms with Gasteiger partial charge in [-0.3, -0.25) is 4.99 Å². The molecule has 1 aromatic carbocycles. The second kappa shape index (κ2) is 7.98. The molecule has 0 unspecified atom stereocenters. The second-order valence-corrected chi connectivity index (χ2v) is 8.65. The molecule has 7 heteroatoms. The second-order valence-electron chi connectivity index (χ2n) is 6.50. The van der Waals surface area contributed by atoms with Crippen LogP contribution in [-0.4, -0.2) is 57.8 Å². The van der Waals surface area contributed by atoms with E-state index in [9.17, 15) is 8.42 Å². The van der Waals surface area contributed by atoms with Crippen LogP contribution in [0.25, 0.3) is 0 Å². The Kier molecular flexibility index (Phi) is 6.23. The molecule has 0 bridgehead atoms. The van der Waals surface area contributed by atoms with E-state index in [2.05, 4.69) is 22.1 Å². The van der Waals surface area contributed by atoms with Gasteiger partial charge >= 0.3 is 0 Å². The van der Waals surface area contributed by atoms with Crippen molar-refractivity contribution in [3.8, 4) is 0 Å². The van der Waals surface area contributed by atoms with Gasteiger partial charge in [-0.15, -0.1) is 0 Å². The summed E-state index contributed by atoms with van der Waals surface area (Å²) in [5, 5.41) is 3.37. The zero-order valence-electron chi connectivity index (χ0n) is 15.0. The number of hydrogen-bond donors (Lipinski definition) is 1. The van der Waals surface area contributed by atoms with Gasteiger partial charge in [0.05, 0.1) is 4.90 Å². The van der Waals surface area contributed by atoms with E-state index < -0.39 is 10.0 Å². The fraction of sp³-hybridized carbons (Fsp3) is 0.588. The van der Waals surface area contributed by atoms with E-state index in [-0.39, 0.29) is 0 Å². The number of aliphatic imine (C=N–C) groups is 1. The molecule has 1 heterocycles. The van der Waals surface area contributed by atoms with Gasteiger partial charge in [0.15, 0.2) is 5.96 Å². The van der Waals surface area contributed by atoms with Gasteiger partial charge in [-0.25, -0.2) is 12.7 Å². The molecule has 0 spiro atoms. The number of hydrogen-bond acceptors (Lipinski definition) is 3. The van der Waals surface area contributed by atoms with E-state index in [1.54, 1.807) is 19.2 Å². The van der Waals surface area contributed by atoms with Crippen LogP contribution in [0.2, 0.25) is 0 Å². The molecule has 1 aromatic rings. The minimum absolute atomic E-state index is 0.311. The maximum absolute atomic E-state index is 12.1. The third-order valence-electron chi connectivity index (χ3n) is 4.45. The van der Waals surface area contributed by atoms with Crippen LogP contribution >= 0.6 is 0 Å². The van der Waals surface area contributed by atoms with Crippen molar-refractivity contribution < 1.29 is 8.42 Å². The van der Waals surface area contributed by atoms with E-state index >= 15 is 0 Å². The molecule has 0 aromatic heterocycles. The van der Waals surface area contributed by atoms with Crippen LogP contribution in [0.15, 0.2) is 34.2 Å². The summed E-state index contributed by atoms with van der Waals surface area (Å²) in [5.41, 5.74) is 1.03. The van der Waals surface area contributed by atoms with Gasteiger partial charge in [0.1, 0.15) is 0 Å². The van der Waals surface area contributed by atoms with Gasteiger partial charge in [0.25, 0.3) is 0 Å². The summed E-state index contributed by atoms with van der Waals surface area (Å²) in [4.78, 5) is 6.95. The summed E-state index contributed by atoms with van der Waals surface area (Å²) in [5.74, 6) is 1.69. The van der Waals surface area contributed by atoms with Crippen LogP contribution in [-0.2, 0) is 16.6 Å². The molecular formula is C17H28N4O2S. The molecule has 0 atom stereocenters. The van der Waals surface area contributed by atoms with E-state index in [1.807, 2.05) is 12.1 Å². The lowest BCUT2D eigenvalue weighted by Crippen LogP contribution is -2.45. The number of likely N-dealkylation sites (tertiary alicyclic amines) is 1. The molecule has 1 aliphatic rings. The molecule has 6 nitrogen and oxygen atoms in total. The molecule has 0 aliphatic carbocycles. The highest BCUT2D eigenvalue weighted by molar-refractivity contribution is 7.89. The first-order valence-electron chi connectivity index (χ1n) is 8.31. The SMILES string of the molecule is CN=C(NCc1ccc(S(=O)(=O)N(C)C)cc1)N1CCC(C)CC1. The Morgan fingerprint density at radius 1 is 1.25 bits per heavy atom. The Morgan fingerprint density at radius 3 is 2.33 bits per heavy atom. The summed E-state index contributed by atoms with van der Waals surface area (Å²) < 4.78 is 25.4. The Hall–Kier alpha value is -1.60. The van der Waals surface area contributed by atoms with Crippen LogP contribution in [0.5, 0.6) is 0 Å². The first kappa shape index (κ1) is 18.7. The lowest BCUT2D eigenvalue weighted by Gasteiger charge is -2.32. The van der Waals surface area contributed by atoms with Crippen molar-refractivity contribution >= 4 is 16.0 Å². The fourth-order valence-electron chi connectivity index (χ4n) is 2.72. The van der Waals surface area contributed by atoms with Gasteiger partial charge < -0.3 is 10.2 Å². The molecule has 0 radical (unpaired) electrons. The minimum atomic E-state index is -3.37. The topological polar surface area (TPSA) is 65.0 Å². The van der Waals surface area contributed by atoms with Gasteiger partial charge in [-0.1, -0.05) is 19.1 Å². The molecule has 1 fully saturated rings. The Balaban J connectivity index is 1.96. The summed E-state index contributed by atoms with van der Waals surface area (Å²) in [7, 11) is 1.50. The molecule has 0 saturated carbocycles. The first-order chi connectivity index (χ1) is 11.3. The van der Waals surface area contributed by atoms with Gasteiger partial charge in [-0.2, -0.15) is 0 Å². The maximum atomic E-state index is 12.1. The van der Waals surface area contributed by atoms with Crippen LogP contribution in [0.3, 0.4) is 0 Å². The highest BCUT2D eigenvalue weighted by atomic mass is 32.2. The van der Waals surface area contributed by atoms with Gasteiger partial charge in [0, 0.05) is 40.8 Å². The predicted octanol–water partition coefficient (Wildman–Crippen LogP) is 1.74. The summed E-state index contributed by atoms with van der Waals surface area (Å²) in [6, 6.07) is 6.99. The van der Waals surface area contributed by atoms with E-state index in [4.69, 9.17) is 0 Å². The predicted molar refractivity (Wildman–Crippen MR) is 97.5 cm³/mol. The number of nitrogens with zero attached hydrogens (tertiary/aromatic N) is 3. The number of nitrogens with one attached hydrogen (secondary N) is 1. The van der Waals surface area contributed by atoms with Crippen LogP contribution < -0.4 is 5.32 Å². The van der Waals surface area contributed by atoms with Crippen molar-refractivity contribution in [3.63, 3.8) is 0 Å². The molecule has 0 amide bonds. The van der Waals surface area contributed by atoms with Crippen molar-refractivity contribution in [1.29, 1.82) is 0 Å². The average Bonchev–Trinajstić information content (AvgIpc) is 2.57. The Labute approximate surface area is 145 Å². The van der Waals surface area contributed by atoms with E-state index in [0.717, 1.165) is 30.5 Å². The lowest BCUT2D eigenvalue weighted by molar-refractivity contribution is 0.273. The van der Waals surface area contributed by atoms with E-state index in [1.165, 1.54) is 31.2 Å². The number of piperidine rings is 1. The molecule has 1 N–H and O–H groups in total. The van der Waals surface area contributed by atoms with Crippen molar-refractivity contribution in [2.75, 3.05) is 34.2 Å². The number of benzene rings is 1. The molecule has 134 valence electrons. The lowest BCUT2D eigenvalue weighted by atomic mass is 10.00. The molecular weight excluding hydrogens is 324 g/mol. The minimum Gasteiger partial charge on any atom is -0.352 e. The highest BCUT2D eigenvalue weighted by Crippen LogP contribution is 2.16. The third-order valence-corrected chi connectivity index (χ3v) is 6.28. The average molecular weight is 353 g/mol. The van der Waals surface area contributed by atoms with Crippen LogP contribution in [0.1, 0.15) is 25.3 Å². The summed E-state index contributed by atoms with van der Waals surface area (Å²) >= 11 is 0. The smallest absolute Gasteiger partial charge is 0.242 e. The van der Waals surface area contributed by atoms with Gasteiger partial charge in [-0.05, 0) is 36.5 Å². The number of rotatable bonds is 4. The van der Waals surface area contributed by atoms with Crippen molar-refractivity contribution in [1.82, 2.24) is 14.5 Å². The van der Waals surface area contributed by atoms with Crippen LogP contribution in [0.4, 0.5) is 0 Å². The Morgan fingerprint density at radius 2 is 1.83 bits per heavy atom. The Bertz CT molecular complexity index is 660. The zero-order chi connectivity index (χ0) is 17.7. The monoisotopic (exact) mass is 352 g/mol. The largest absolute Gasteiger partial charge is 0.352 e. The number of sulfonamides is 1. The van der Waals surface area contributed by atoms with Crippen LogP contribution in [0, 0.1) is 5.92 Å². The standard InChI is InChI=1S/C17H28N4O2S/c1-14-9-11-21(12-10-14)17(18-2)19-13-15-5-7-16(8-6-15)24(22,23)20(3)4/h5-8,14H,9-13H2,1-4H3,(H,18,19). The molecule has 2 rings (SSSR count). The highest BCUT2D eigenvalue weighted by Gasteiger charge is 2.19. The van der Waals surface area contributed by atoms with Crippen molar-refractivity contribution in [2.45, 2.75) is 31.2 Å². The number of guanidine groups is 1. The molecule has 1 aliphatic heterocycles. The van der Waals surface area contributed by atoms with E-state index in [0.29, 0.717) is 11.4 Å². The normalized spacial score (nSPS) is 17.4. The molecule has 24 heavy (non-hydrogen) atoms. The van der Waals surface area contributed by atoms with Gasteiger partial charge in [0.2, 0.25) is 10.0 Å². The van der Waals surface area contributed by atoms with Crippen molar-refractivity contribution in [2.24, 2.45) is 10.9 Å². The first-order valence-corrected chi connectivity index (χ1v) is 9.75. The van der Waals surface area contributed by atoms with Crippen molar-refractivity contribution in [3.05, 3.63) is 29.8 Å². The maximum Gasteiger partial charge on any atom is 0.242 e. The zero-order valence-corrected chi connectivity index (χ0v) is 15.8.